The molecule has 0 spiro atoms. The summed E-state index contributed by atoms with van der Waals surface area (Å²) in [7, 11) is -4.02. The second-order valence-corrected chi connectivity index (χ2v) is 6.56. The zero-order chi connectivity index (χ0) is 16.3. The maximum Gasteiger partial charge on any atom is 0.416 e. The topological polar surface area (TPSA) is 72.2 Å². The molecule has 0 heterocycles. The van der Waals surface area contributed by atoms with Crippen molar-refractivity contribution in [3.63, 3.8) is 0 Å². The van der Waals surface area contributed by atoms with Gasteiger partial charge in [0.1, 0.15) is 0 Å². The highest BCUT2D eigenvalue weighted by Gasteiger charge is 2.34. The summed E-state index contributed by atoms with van der Waals surface area (Å²) in [5.74, 6) is 0. The normalized spacial score (nSPS) is 14.2. The van der Waals surface area contributed by atoms with Gasteiger partial charge in [0.05, 0.1) is 10.5 Å². The van der Waals surface area contributed by atoms with Crippen LogP contribution in [0.3, 0.4) is 0 Å². The van der Waals surface area contributed by atoms with Crippen LogP contribution in [-0.2, 0) is 16.2 Å². The molecule has 0 bridgehead atoms. The summed E-state index contributed by atoms with van der Waals surface area (Å²) in [6.07, 6.45) is -3.16. The first-order chi connectivity index (χ1) is 9.59. The van der Waals surface area contributed by atoms with Crippen LogP contribution in [0.15, 0.2) is 23.1 Å². The average molecular weight is 324 g/mol. The number of halogens is 3. The fourth-order valence-electron chi connectivity index (χ4n) is 1.98. The molecule has 0 aliphatic heterocycles. The summed E-state index contributed by atoms with van der Waals surface area (Å²) in [5.41, 5.74) is 4.43. The molecule has 4 nitrogen and oxygen atoms in total. The Bertz CT molecular complexity index is 586. The smallest absolute Gasteiger partial charge is 0.327 e. The van der Waals surface area contributed by atoms with Crippen LogP contribution in [0.5, 0.6) is 0 Å². The van der Waals surface area contributed by atoms with Crippen molar-refractivity contribution in [1.29, 1.82) is 0 Å². The Balaban J connectivity index is 3.05. The lowest BCUT2D eigenvalue weighted by Crippen LogP contribution is -2.37. The molecule has 1 atom stereocenters. The van der Waals surface area contributed by atoms with E-state index in [-0.39, 0.29) is 23.0 Å². The lowest BCUT2D eigenvalue weighted by molar-refractivity contribution is -0.138. The predicted octanol–water partition coefficient (Wildman–Crippen LogP) is 2.42. The summed E-state index contributed by atoms with van der Waals surface area (Å²) >= 11 is 0. The molecule has 3 N–H and O–H groups in total. The Morgan fingerprint density at radius 2 is 1.95 bits per heavy atom. The van der Waals surface area contributed by atoms with Gasteiger partial charge >= 0.3 is 6.18 Å². The average Bonchev–Trinajstić information content (AvgIpc) is 2.35. The molecule has 21 heavy (non-hydrogen) atoms. The number of rotatable bonds is 6. The van der Waals surface area contributed by atoms with Gasteiger partial charge in [0.2, 0.25) is 10.0 Å². The summed E-state index contributed by atoms with van der Waals surface area (Å²) in [5, 5.41) is 0. The van der Waals surface area contributed by atoms with Gasteiger partial charge < -0.3 is 5.73 Å². The Morgan fingerprint density at radius 3 is 2.48 bits per heavy atom. The second-order valence-electron chi connectivity index (χ2n) is 4.83. The molecular weight excluding hydrogens is 305 g/mol. The molecule has 0 amide bonds. The van der Waals surface area contributed by atoms with Crippen molar-refractivity contribution in [3.8, 4) is 0 Å². The lowest BCUT2D eigenvalue weighted by atomic mass is 10.1. The highest BCUT2D eigenvalue weighted by Crippen LogP contribution is 2.34. The molecule has 1 aromatic rings. The largest absolute Gasteiger partial charge is 0.416 e. The molecule has 0 saturated carbocycles. The Hall–Kier alpha value is -1.12. The first-order valence-electron chi connectivity index (χ1n) is 6.51. The number of nitrogens with two attached hydrogens (primary N) is 1. The van der Waals surface area contributed by atoms with Crippen LogP contribution in [0.2, 0.25) is 0 Å². The van der Waals surface area contributed by atoms with Crippen molar-refractivity contribution >= 4 is 10.0 Å². The second kappa shape index (κ2) is 6.76. The van der Waals surface area contributed by atoms with Crippen molar-refractivity contribution in [2.45, 2.75) is 43.8 Å². The quantitative estimate of drug-likeness (QED) is 0.844. The van der Waals surface area contributed by atoms with Crippen LogP contribution in [0.25, 0.3) is 0 Å². The molecule has 120 valence electrons. The third-order valence-electron chi connectivity index (χ3n) is 3.07. The molecule has 1 aromatic carbocycles. The van der Waals surface area contributed by atoms with E-state index in [4.69, 9.17) is 5.73 Å². The van der Waals surface area contributed by atoms with Crippen molar-refractivity contribution < 1.29 is 21.6 Å². The number of benzene rings is 1. The van der Waals surface area contributed by atoms with Crippen LogP contribution in [0.4, 0.5) is 13.2 Å². The minimum absolute atomic E-state index is 0.00808. The SMILES string of the molecule is CCCC(N)CNS(=O)(=O)c1cccc(C(F)(F)F)c1C. The summed E-state index contributed by atoms with van der Waals surface area (Å²) in [6.45, 7) is 3.04. The van der Waals surface area contributed by atoms with E-state index in [1.807, 2.05) is 6.92 Å². The fourth-order valence-corrected chi connectivity index (χ4v) is 3.34. The molecule has 0 aliphatic carbocycles. The number of hydrogen-bond donors (Lipinski definition) is 2. The van der Waals surface area contributed by atoms with Gasteiger partial charge in [-0.3, -0.25) is 0 Å². The van der Waals surface area contributed by atoms with E-state index in [2.05, 4.69) is 4.72 Å². The number of alkyl halides is 3. The van der Waals surface area contributed by atoms with Crippen LogP contribution >= 0.6 is 0 Å². The molecular formula is C13H19F3N2O2S. The third kappa shape index (κ3) is 4.69. The van der Waals surface area contributed by atoms with Gasteiger partial charge in [-0.15, -0.1) is 0 Å². The predicted molar refractivity (Wildman–Crippen MR) is 74.3 cm³/mol. The van der Waals surface area contributed by atoms with Crippen molar-refractivity contribution in [1.82, 2.24) is 4.72 Å². The van der Waals surface area contributed by atoms with Gasteiger partial charge in [-0.25, -0.2) is 13.1 Å². The molecule has 1 rings (SSSR count). The molecule has 0 radical (unpaired) electrons. The summed E-state index contributed by atoms with van der Waals surface area (Å²) in [4.78, 5) is -0.374. The van der Waals surface area contributed by atoms with E-state index in [0.717, 1.165) is 31.5 Å². The Labute approximate surface area is 122 Å². The van der Waals surface area contributed by atoms with Crippen molar-refractivity contribution in [3.05, 3.63) is 29.3 Å². The van der Waals surface area contributed by atoms with E-state index in [1.165, 1.54) is 0 Å². The maximum absolute atomic E-state index is 12.8. The standard InChI is InChI=1S/C13H19F3N2O2S/c1-3-5-10(17)8-18-21(19,20)12-7-4-6-11(9(12)2)13(14,15)16/h4,6-7,10,18H,3,5,8,17H2,1-2H3. The lowest BCUT2D eigenvalue weighted by Gasteiger charge is -2.16. The first-order valence-corrected chi connectivity index (χ1v) is 8.00. The summed E-state index contributed by atoms with van der Waals surface area (Å²) in [6, 6.07) is 2.72. The molecule has 0 aromatic heterocycles. The Kier molecular flexibility index (Phi) is 5.77. The fraction of sp³-hybridized carbons (Fsp3) is 0.538. The number of sulfonamides is 1. The van der Waals surface area contributed by atoms with Gasteiger partial charge in [-0.2, -0.15) is 13.2 Å². The van der Waals surface area contributed by atoms with Crippen molar-refractivity contribution in [2.24, 2.45) is 5.73 Å². The van der Waals surface area contributed by atoms with Gasteiger partial charge in [0.15, 0.2) is 0 Å². The maximum atomic E-state index is 12.8. The summed E-state index contributed by atoms with van der Waals surface area (Å²) < 4.78 is 64.9. The monoisotopic (exact) mass is 324 g/mol. The van der Waals surface area contributed by atoms with Gasteiger partial charge in [-0.1, -0.05) is 19.4 Å². The van der Waals surface area contributed by atoms with Crippen molar-refractivity contribution in [2.75, 3.05) is 6.54 Å². The third-order valence-corrected chi connectivity index (χ3v) is 4.64. The molecule has 0 aliphatic rings. The molecule has 0 saturated heterocycles. The zero-order valence-electron chi connectivity index (χ0n) is 11.9. The van der Waals surface area contributed by atoms with Crippen LogP contribution in [0.1, 0.15) is 30.9 Å². The zero-order valence-corrected chi connectivity index (χ0v) is 12.7. The van der Waals surface area contributed by atoms with Gasteiger partial charge in [-0.05, 0) is 31.0 Å². The molecule has 1 unspecified atom stereocenters. The minimum Gasteiger partial charge on any atom is -0.327 e. The van der Waals surface area contributed by atoms with Crippen LogP contribution in [-0.4, -0.2) is 21.0 Å². The van der Waals surface area contributed by atoms with Crippen LogP contribution in [0, 0.1) is 6.92 Å². The van der Waals surface area contributed by atoms with E-state index in [0.29, 0.717) is 6.42 Å². The molecule has 0 fully saturated rings. The minimum atomic E-state index is -4.59. The van der Waals surface area contributed by atoms with E-state index in [9.17, 15) is 21.6 Å². The number of hydrogen-bond acceptors (Lipinski definition) is 3. The van der Waals surface area contributed by atoms with Gasteiger partial charge in [0, 0.05) is 12.6 Å². The van der Waals surface area contributed by atoms with E-state index >= 15 is 0 Å². The highest BCUT2D eigenvalue weighted by atomic mass is 32.2. The Morgan fingerprint density at radius 1 is 1.33 bits per heavy atom. The highest BCUT2D eigenvalue weighted by molar-refractivity contribution is 7.89. The number of nitrogens with one attached hydrogen (secondary N) is 1. The molecule has 8 heteroatoms. The first kappa shape index (κ1) is 17.9. The van der Waals surface area contributed by atoms with Gasteiger partial charge in [0.25, 0.3) is 0 Å². The van der Waals surface area contributed by atoms with E-state index < -0.39 is 21.8 Å². The van der Waals surface area contributed by atoms with E-state index in [1.54, 1.807) is 0 Å². The van der Waals surface area contributed by atoms with Crippen LogP contribution < -0.4 is 10.5 Å².